The van der Waals surface area contributed by atoms with Crippen molar-refractivity contribution in [2.24, 2.45) is 0 Å². The van der Waals surface area contributed by atoms with Crippen molar-refractivity contribution in [2.75, 3.05) is 19.7 Å². The van der Waals surface area contributed by atoms with Gasteiger partial charge in [0.15, 0.2) is 0 Å². The van der Waals surface area contributed by atoms with Crippen LogP contribution in [0.5, 0.6) is 0 Å². The van der Waals surface area contributed by atoms with E-state index in [0.29, 0.717) is 24.3 Å². The lowest BCUT2D eigenvalue weighted by Gasteiger charge is -2.29. The van der Waals surface area contributed by atoms with Gasteiger partial charge in [0, 0.05) is 24.8 Å². The number of piperidine rings is 1. The van der Waals surface area contributed by atoms with Gasteiger partial charge in [0.1, 0.15) is 12.3 Å². The van der Waals surface area contributed by atoms with Crippen LogP contribution >= 0.6 is 0 Å². The molecule has 1 fully saturated rings. The molecule has 1 amide bonds. The van der Waals surface area contributed by atoms with Gasteiger partial charge in [-0.1, -0.05) is 11.8 Å². The van der Waals surface area contributed by atoms with Gasteiger partial charge >= 0.3 is 0 Å². The molecule has 1 aliphatic heterocycles. The maximum absolute atomic E-state index is 12.1. The minimum absolute atomic E-state index is 0.166. The lowest BCUT2D eigenvalue weighted by Crippen LogP contribution is -2.42. The first-order chi connectivity index (χ1) is 9.20. The molecule has 1 saturated heterocycles. The second-order valence-electron chi connectivity index (χ2n) is 4.44. The number of likely N-dealkylation sites (tertiary alicyclic amines) is 1. The summed E-state index contributed by atoms with van der Waals surface area (Å²) in [6.07, 6.45) is 2.63. The van der Waals surface area contributed by atoms with E-state index in [1.165, 1.54) is 6.20 Å². The largest absolute Gasteiger partial charge is 0.391 e. The van der Waals surface area contributed by atoms with Gasteiger partial charge in [0.25, 0.3) is 5.91 Å². The van der Waals surface area contributed by atoms with Gasteiger partial charge in [-0.3, -0.25) is 4.79 Å². The van der Waals surface area contributed by atoms with Crippen LogP contribution in [-0.4, -0.2) is 51.8 Å². The van der Waals surface area contributed by atoms with E-state index in [4.69, 9.17) is 5.11 Å². The molecular formula is C14H16N2O3. The normalized spacial score (nSPS) is 18.6. The van der Waals surface area contributed by atoms with Crippen LogP contribution in [-0.2, 0) is 0 Å². The number of aliphatic hydroxyl groups is 2. The lowest BCUT2D eigenvalue weighted by molar-refractivity contribution is 0.0469. The maximum Gasteiger partial charge on any atom is 0.272 e. The summed E-state index contributed by atoms with van der Waals surface area (Å²) in [6, 6.07) is 3.31. The quantitative estimate of drug-likeness (QED) is 0.698. The molecule has 5 nitrogen and oxygen atoms in total. The van der Waals surface area contributed by atoms with Crippen molar-refractivity contribution in [1.82, 2.24) is 9.88 Å². The number of amides is 1. The van der Waals surface area contributed by atoms with Crippen molar-refractivity contribution in [3.05, 3.63) is 29.6 Å². The minimum atomic E-state index is -0.438. The first-order valence-corrected chi connectivity index (χ1v) is 6.24. The summed E-state index contributed by atoms with van der Waals surface area (Å²) < 4.78 is 0. The standard InChI is InChI=1S/C14H16N2O3/c17-8-2-3-11-5-6-13(15-9-11)14(19)16-7-1-4-12(18)10-16/h5-6,9,12,17-18H,1,4,7-8,10H2. The Hall–Kier alpha value is -1.90. The van der Waals surface area contributed by atoms with Crippen LogP contribution in [0.25, 0.3) is 0 Å². The molecule has 1 aromatic rings. The Morgan fingerprint density at radius 2 is 2.37 bits per heavy atom. The molecule has 1 aromatic heterocycles. The summed E-state index contributed by atoms with van der Waals surface area (Å²) in [5, 5.41) is 18.1. The van der Waals surface area contributed by atoms with E-state index in [9.17, 15) is 9.90 Å². The van der Waals surface area contributed by atoms with Gasteiger partial charge < -0.3 is 15.1 Å². The van der Waals surface area contributed by atoms with Gasteiger partial charge in [-0.15, -0.1) is 0 Å². The van der Waals surface area contributed by atoms with Crippen molar-refractivity contribution in [3.8, 4) is 11.8 Å². The molecule has 0 saturated carbocycles. The van der Waals surface area contributed by atoms with E-state index >= 15 is 0 Å². The lowest BCUT2D eigenvalue weighted by atomic mass is 10.1. The Morgan fingerprint density at radius 1 is 1.53 bits per heavy atom. The maximum atomic E-state index is 12.1. The summed E-state index contributed by atoms with van der Waals surface area (Å²) >= 11 is 0. The molecule has 0 aromatic carbocycles. The van der Waals surface area contributed by atoms with Crippen molar-refractivity contribution < 1.29 is 15.0 Å². The topological polar surface area (TPSA) is 73.7 Å². The summed E-state index contributed by atoms with van der Waals surface area (Å²) in [5.74, 6) is 5.07. The van der Waals surface area contributed by atoms with Crippen molar-refractivity contribution in [2.45, 2.75) is 18.9 Å². The number of rotatable bonds is 1. The van der Waals surface area contributed by atoms with Gasteiger partial charge in [-0.25, -0.2) is 4.98 Å². The monoisotopic (exact) mass is 260 g/mol. The highest BCUT2D eigenvalue weighted by Gasteiger charge is 2.23. The average molecular weight is 260 g/mol. The molecule has 2 heterocycles. The summed E-state index contributed by atoms with van der Waals surface area (Å²) in [5.41, 5.74) is 1.01. The predicted octanol–water partition coefficient (Wildman–Crippen LogP) is 0.0223. The SMILES string of the molecule is O=C(c1ccc(C#CCO)cn1)N1CCCC(O)C1. The second kappa shape index (κ2) is 6.32. The third-order valence-electron chi connectivity index (χ3n) is 2.98. The molecule has 0 aliphatic carbocycles. The first kappa shape index (κ1) is 13.5. The molecule has 2 N–H and O–H groups in total. The van der Waals surface area contributed by atoms with Crippen LogP contribution in [0.15, 0.2) is 18.3 Å². The van der Waals surface area contributed by atoms with E-state index in [-0.39, 0.29) is 12.5 Å². The smallest absolute Gasteiger partial charge is 0.272 e. The number of carbonyl (C=O) groups is 1. The highest BCUT2D eigenvalue weighted by molar-refractivity contribution is 5.92. The molecule has 0 spiro atoms. The summed E-state index contributed by atoms with van der Waals surface area (Å²) in [4.78, 5) is 17.8. The van der Waals surface area contributed by atoms with E-state index in [1.54, 1.807) is 17.0 Å². The van der Waals surface area contributed by atoms with Gasteiger partial charge in [0.2, 0.25) is 0 Å². The van der Waals surface area contributed by atoms with Crippen molar-refractivity contribution >= 4 is 5.91 Å². The number of carbonyl (C=O) groups excluding carboxylic acids is 1. The third-order valence-corrected chi connectivity index (χ3v) is 2.98. The van der Waals surface area contributed by atoms with E-state index < -0.39 is 6.10 Å². The fourth-order valence-corrected chi connectivity index (χ4v) is 2.04. The number of aliphatic hydroxyl groups excluding tert-OH is 2. The molecule has 1 aliphatic rings. The third kappa shape index (κ3) is 3.53. The number of β-amino-alcohol motifs (C(OH)–C–C–N with tert-alkyl or cyclic N) is 1. The Balaban J connectivity index is 2.07. The zero-order valence-electron chi connectivity index (χ0n) is 10.5. The van der Waals surface area contributed by atoms with E-state index in [1.807, 2.05) is 0 Å². The van der Waals surface area contributed by atoms with E-state index in [2.05, 4.69) is 16.8 Å². The molecule has 0 bridgehead atoms. The van der Waals surface area contributed by atoms with Gasteiger partial charge in [-0.05, 0) is 25.0 Å². The van der Waals surface area contributed by atoms with Crippen molar-refractivity contribution in [3.63, 3.8) is 0 Å². The van der Waals surface area contributed by atoms with Crippen LogP contribution in [0.4, 0.5) is 0 Å². The van der Waals surface area contributed by atoms with Crippen LogP contribution in [0.2, 0.25) is 0 Å². The molecule has 0 radical (unpaired) electrons. The summed E-state index contributed by atoms with van der Waals surface area (Å²) in [7, 11) is 0. The number of aromatic nitrogens is 1. The van der Waals surface area contributed by atoms with Crippen LogP contribution in [0.3, 0.4) is 0 Å². The van der Waals surface area contributed by atoms with Crippen LogP contribution in [0, 0.1) is 11.8 Å². The minimum Gasteiger partial charge on any atom is -0.391 e. The van der Waals surface area contributed by atoms with Crippen LogP contribution in [0.1, 0.15) is 28.9 Å². The molecule has 5 heteroatoms. The number of hydrogen-bond acceptors (Lipinski definition) is 4. The molecular weight excluding hydrogens is 244 g/mol. The summed E-state index contributed by atoms with van der Waals surface area (Å²) in [6.45, 7) is 0.822. The Morgan fingerprint density at radius 3 is 3.00 bits per heavy atom. The number of nitrogens with zero attached hydrogens (tertiary/aromatic N) is 2. The van der Waals surface area contributed by atoms with Gasteiger partial charge in [0.05, 0.1) is 6.10 Å². The Kier molecular flexibility index (Phi) is 4.50. The predicted molar refractivity (Wildman–Crippen MR) is 69.3 cm³/mol. The zero-order valence-corrected chi connectivity index (χ0v) is 10.5. The molecule has 2 rings (SSSR count). The highest BCUT2D eigenvalue weighted by atomic mass is 16.3. The molecule has 1 unspecified atom stereocenters. The Bertz CT molecular complexity index is 502. The molecule has 1 atom stereocenters. The molecule has 100 valence electrons. The van der Waals surface area contributed by atoms with Gasteiger partial charge in [-0.2, -0.15) is 0 Å². The van der Waals surface area contributed by atoms with Crippen molar-refractivity contribution in [1.29, 1.82) is 0 Å². The van der Waals surface area contributed by atoms with E-state index in [0.717, 1.165) is 12.8 Å². The number of hydrogen-bond donors (Lipinski definition) is 2. The Labute approximate surface area is 111 Å². The fourth-order valence-electron chi connectivity index (χ4n) is 2.04. The van der Waals surface area contributed by atoms with Crippen LogP contribution < -0.4 is 0 Å². The highest BCUT2D eigenvalue weighted by Crippen LogP contribution is 2.12. The zero-order chi connectivity index (χ0) is 13.7. The average Bonchev–Trinajstić information content (AvgIpc) is 2.45. The number of pyridine rings is 1. The molecule has 19 heavy (non-hydrogen) atoms. The first-order valence-electron chi connectivity index (χ1n) is 6.24. The fraction of sp³-hybridized carbons (Fsp3) is 0.429. The second-order valence-corrected chi connectivity index (χ2v) is 4.44.